The molecular weight excluding hydrogens is 406 g/mol. The summed E-state index contributed by atoms with van der Waals surface area (Å²) in [6.45, 7) is 2.05. The van der Waals surface area contributed by atoms with Crippen LogP contribution >= 0.6 is 0 Å². The number of para-hydroxylation sites is 1. The van der Waals surface area contributed by atoms with Crippen molar-refractivity contribution in [2.75, 3.05) is 13.2 Å². The molecule has 0 atom stereocenters. The first-order chi connectivity index (χ1) is 14.8. The summed E-state index contributed by atoms with van der Waals surface area (Å²) in [5.41, 5.74) is 0.363. The maximum Gasteiger partial charge on any atom is 0.293 e. The van der Waals surface area contributed by atoms with Gasteiger partial charge in [-0.15, -0.1) is 0 Å². The van der Waals surface area contributed by atoms with Crippen LogP contribution in [0.3, 0.4) is 0 Å². The summed E-state index contributed by atoms with van der Waals surface area (Å²) in [6, 6.07) is 11.6. The summed E-state index contributed by atoms with van der Waals surface area (Å²) in [4.78, 5) is 24.9. The molecule has 0 radical (unpaired) electrons. The Balaban J connectivity index is 1.71. The van der Waals surface area contributed by atoms with E-state index in [0.717, 1.165) is 4.57 Å². The smallest absolute Gasteiger partial charge is 0.293 e. The average Bonchev–Trinajstić information content (AvgIpc) is 2.72. The molecule has 0 bridgehead atoms. The highest BCUT2D eigenvalue weighted by molar-refractivity contribution is 5.97. The largest absolute Gasteiger partial charge is 0.502 e. The van der Waals surface area contributed by atoms with E-state index < -0.39 is 28.9 Å². The van der Waals surface area contributed by atoms with Crippen molar-refractivity contribution < 1.29 is 23.4 Å². The van der Waals surface area contributed by atoms with E-state index in [4.69, 9.17) is 4.74 Å². The van der Waals surface area contributed by atoms with Crippen LogP contribution in [0.4, 0.5) is 8.78 Å². The third-order valence-corrected chi connectivity index (χ3v) is 4.69. The van der Waals surface area contributed by atoms with Crippen molar-refractivity contribution in [1.29, 1.82) is 0 Å². The molecule has 31 heavy (non-hydrogen) atoms. The van der Waals surface area contributed by atoms with Gasteiger partial charge in [0.15, 0.2) is 17.3 Å². The summed E-state index contributed by atoms with van der Waals surface area (Å²) in [6.07, 6.45) is 0.377. The number of nitrogens with one attached hydrogen (secondary N) is 1. The van der Waals surface area contributed by atoms with Gasteiger partial charge >= 0.3 is 0 Å². The topological polar surface area (TPSA) is 80.6 Å². The molecule has 0 fully saturated rings. The van der Waals surface area contributed by atoms with Crippen LogP contribution in [0.1, 0.15) is 22.3 Å². The molecule has 3 aromatic rings. The summed E-state index contributed by atoms with van der Waals surface area (Å²) in [5, 5.41) is 12.8. The van der Waals surface area contributed by atoms with E-state index in [1.165, 1.54) is 37.4 Å². The molecule has 1 aromatic heterocycles. The van der Waals surface area contributed by atoms with E-state index in [-0.39, 0.29) is 24.5 Å². The molecule has 2 N–H and O–H groups in total. The van der Waals surface area contributed by atoms with E-state index in [2.05, 4.69) is 5.32 Å². The molecule has 8 heteroatoms. The Hall–Kier alpha value is -3.68. The van der Waals surface area contributed by atoms with Crippen LogP contribution in [-0.4, -0.2) is 28.7 Å². The number of nitrogens with zero attached hydrogens (tertiary/aromatic N) is 1. The van der Waals surface area contributed by atoms with Crippen LogP contribution in [0.5, 0.6) is 11.5 Å². The Bertz CT molecular complexity index is 1150. The van der Waals surface area contributed by atoms with E-state index in [1.807, 2.05) is 0 Å². The number of ether oxygens (including phenoxy) is 1. The van der Waals surface area contributed by atoms with Gasteiger partial charge in [0.2, 0.25) is 0 Å². The Morgan fingerprint density at radius 2 is 1.90 bits per heavy atom. The zero-order valence-corrected chi connectivity index (χ0v) is 17.1. The summed E-state index contributed by atoms with van der Waals surface area (Å²) >= 11 is 0. The minimum absolute atomic E-state index is 0.119. The van der Waals surface area contributed by atoms with Crippen LogP contribution in [0, 0.1) is 18.6 Å². The zero-order valence-electron chi connectivity index (χ0n) is 17.1. The second-order valence-corrected chi connectivity index (χ2v) is 7.06. The number of carbonyl (C=O) groups is 1. The Morgan fingerprint density at radius 3 is 2.61 bits per heavy atom. The fourth-order valence-electron chi connectivity index (χ4n) is 3.13. The van der Waals surface area contributed by atoms with E-state index in [9.17, 15) is 23.5 Å². The molecule has 0 aliphatic heterocycles. The molecule has 0 spiro atoms. The molecule has 0 unspecified atom stereocenters. The number of hydrogen-bond acceptors (Lipinski definition) is 4. The van der Waals surface area contributed by atoms with E-state index >= 15 is 0 Å². The van der Waals surface area contributed by atoms with Crippen LogP contribution in [-0.2, 0) is 7.05 Å². The maximum atomic E-state index is 13.8. The van der Waals surface area contributed by atoms with Crippen molar-refractivity contribution in [1.82, 2.24) is 9.88 Å². The van der Waals surface area contributed by atoms with Crippen LogP contribution in [0.25, 0.3) is 11.3 Å². The number of pyridine rings is 1. The number of benzene rings is 2. The van der Waals surface area contributed by atoms with Gasteiger partial charge in [-0.25, -0.2) is 8.78 Å². The molecule has 1 heterocycles. The standard InChI is InChI=1S/C23H22F2N2O4/c1-14-10-15(12-16(24)11-14)19-13-17(21(28)23(30)27(19)2)22(29)26-8-5-9-31-20-7-4-3-6-18(20)25/h3-4,6-7,10-13,28H,5,8-9H2,1-2H3,(H,26,29). The van der Waals surface area contributed by atoms with Gasteiger partial charge in [-0.05, 0) is 55.3 Å². The predicted octanol–water partition coefficient (Wildman–Crippen LogP) is 3.54. The number of carbonyl (C=O) groups excluding carboxylic acids is 1. The van der Waals surface area contributed by atoms with Crippen LogP contribution in [0.2, 0.25) is 0 Å². The number of aromatic nitrogens is 1. The third kappa shape index (κ3) is 5.09. The number of rotatable bonds is 7. The fourth-order valence-corrected chi connectivity index (χ4v) is 3.13. The van der Waals surface area contributed by atoms with Crippen molar-refractivity contribution in [3.05, 3.63) is 81.6 Å². The average molecular weight is 428 g/mol. The van der Waals surface area contributed by atoms with Gasteiger partial charge in [-0.3, -0.25) is 9.59 Å². The second-order valence-electron chi connectivity index (χ2n) is 7.06. The first kappa shape index (κ1) is 22.0. The lowest BCUT2D eigenvalue weighted by Crippen LogP contribution is -2.29. The first-order valence-corrected chi connectivity index (χ1v) is 9.64. The van der Waals surface area contributed by atoms with Crippen molar-refractivity contribution in [3.63, 3.8) is 0 Å². The van der Waals surface area contributed by atoms with E-state index in [1.54, 1.807) is 25.1 Å². The molecule has 0 saturated carbocycles. The highest BCUT2D eigenvalue weighted by Gasteiger charge is 2.19. The number of hydrogen-bond donors (Lipinski definition) is 2. The molecule has 0 aliphatic rings. The lowest BCUT2D eigenvalue weighted by Gasteiger charge is -2.14. The monoisotopic (exact) mass is 428 g/mol. The summed E-state index contributed by atoms with van der Waals surface area (Å²) < 4.78 is 33.8. The minimum atomic E-state index is -0.771. The van der Waals surface area contributed by atoms with Crippen molar-refractivity contribution in [2.45, 2.75) is 13.3 Å². The molecular formula is C23H22F2N2O4. The van der Waals surface area contributed by atoms with Gasteiger partial charge in [-0.1, -0.05) is 12.1 Å². The third-order valence-electron chi connectivity index (χ3n) is 4.69. The lowest BCUT2D eigenvalue weighted by atomic mass is 10.0. The normalized spacial score (nSPS) is 10.7. The number of amides is 1. The van der Waals surface area contributed by atoms with Gasteiger partial charge < -0.3 is 19.7 Å². The number of halogens is 2. The predicted molar refractivity (Wildman–Crippen MR) is 112 cm³/mol. The van der Waals surface area contributed by atoms with Gasteiger partial charge in [-0.2, -0.15) is 0 Å². The molecule has 1 amide bonds. The molecule has 6 nitrogen and oxygen atoms in total. The van der Waals surface area contributed by atoms with Crippen molar-refractivity contribution in [2.24, 2.45) is 7.05 Å². The highest BCUT2D eigenvalue weighted by atomic mass is 19.1. The van der Waals surface area contributed by atoms with Gasteiger partial charge in [0.05, 0.1) is 17.9 Å². The number of aromatic hydroxyl groups is 1. The minimum Gasteiger partial charge on any atom is -0.502 e. The Labute approximate surface area is 177 Å². The molecule has 2 aromatic carbocycles. The van der Waals surface area contributed by atoms with Crippen molar-refractivity contribution in [3.8, 4) is 22.8 Å². The summed E-state index contributed by atoms with van der Waals surface area (Å²) in [5.74, 6) is -2.18. The maximum absolute atomic E-state index is 13.8. The number of aryl methyl sites for hydroxylation is 1. The van der Waals surface area contributed by atoms with Gasteiger partial charge in [0.25, 0.3) is 11.5 Å². The van der Waals surface area contributed by atoms with Gasteiger partial charge in [0.1, 0.15) is 5.82 Å². The molecule has 0 saturated heterocycles. The quantitative estimate of drug-likeness (QED) is 0.564. The fraction of sp³-hybridized carbons (Fsp3) is 0.217. The molecule has 162 valence electrons. The SMILES string of the molecule is Cc1cc(F)cc(-c2cc(C(=O)NCCCOc3ccccc3F)c(O)c(=O)n2C)c1. The highest BCUT2D eigenvalue weighted by Crippen LogP contribution is 2.24. The summed E-state index contributed by atoms with van der Waals surface area (Å²) in [7, 11) is 1.43. The second kappa shape index (κ2) is 9.42. The van der Waals surface area contributed by atoms with E-state index in [0.29, 0.717) is 23.2 Å². The van der Waals surface area contributed by atoms with Crippen LogP contribution < -0.4 is 15.6 Å². The Kier molecular flexibility index (Phi) is 6.69. The Morgan fingerprint density at radius 1 is 1.16 bits per heavy atom. The van der Waals surface area contributed by atoms with Crippen molar-refractivity contribution >= 4 is 5.91 Å². The molecule has 3 rings (SSSR count). The first-order valence-electron chi connectivity index (χ1n) is 9.64. The van der Waals surface area contributed by atoms with Crippen LogP contribution in [0.15, 0.2) is 53.3 Å². The molecule has 0 aliphatic carbocycles. The lowest BCUT2D eigenvalue weighted by molar-refractivity contribution is 0.0948. The zero-order chi connectivity index (χ0) is 22.5. The van der Waals surface area contributed by atoms with Gasteiger partial charge in [0, 0.05) is 19.2 Å².